The maximum atomic E-state index is 13.3. The second-order valence-electron chi connectivity index (χ2n) is 27.2. The molecule has 0 saturated heterocycles. The van der Waals surface area contributed by atoms with Crippen LogP contribution in [0, 0.1) is 34.6 Å². The predicted octanol–water partition coefficient (Wildman–Crippen LogP) is 9.54. The van der Waals surface area contributed by atoms with Gasteiger partial charge in [-0.3, -0.25) is 42.8 Å². The van der Waals surface area contributed by atoms with Crippen molar-refractivity contribution in [1.29, 1.82) is 0 Å². The number of aliphatic hydroxyl groups excluding tert-OH is 2. The van der Waals surface area contributed by atoms with Gasteiger partial charge >= 0.3 is 11.9 Å². The van der Waals surface area contributed by atoms with Crippen LogP contribution in [0.25, 0.3) is 31.7 Å². The Balaban J connectivity index is 0.000000153. The first kappa shape index (κ1) is 78.6. The van der Waals surface area contributed by atoms with Gasteiger partial charge in [0.1, 0.15) is 36.1 Å². The molecule has 0 radical (unpaired) electrons. The lowest BCUT2D eigenvalue weighted by atomic mass is 10.0. The number of anilines is 6. The van der Waals surface area contributed by atoms with Gasteiger partial charge in [-0.25, -0.2) is 29.9 Å². The molecule has 0 aliphatic carbocycles. The summed E-state index contributed by atoms with van der Waals surface area (Å²) in [7, 11) is 5.48. The zero-order valence-corrected chi connectivity index (χ0v) is 64.6. The minimum absolute atomic E-state index is 0.00343. The highest BCUT2D eigenvalue weighted by atomic mass is 32.1. The van der Waals surface area contributed by atoms with Crippen LogP contribution in [0.15, 0.2) is 122 Å². The summed E-state index contributed by atoms with van der Waals surface area (Å²) in [5.41, 5.74) is 15.8. The Labute approximate surface area is 641 Å². The van der Waals surface area contributed by atoms with E-state index in [-0.39, 0.29) is 62.5 Å². The van der Waals surface area contributed by atoms with Gasteiger partial charge in [0.15, 0.2) is 0 Å². The molecule has 0 bridgehead atoms. The van der Waals surface area contributed by atoms with Gasteiger partial charge in [0, 0.05) is 111 Å². The van der Waals surface area contributed by atoms with Gasteiger partial charge in [0.05, 0.1) is 98.8 Å². The van der Waals surface area contributed by atoms with Gasteiger partial charge < -0.3 is 61.8 Å². The normalized spacial score (nSPS) is 13.6. The van der Waals surface area contributed by atoms with E-state index in [0.29, 0.717) is 73.4 Å². The number of carboxylic acids is 1. The first-order chi connectivity index (χ1) is 52.1. The lowest BCUT2D eigenvalue weighted by Crippen LogP contribution is -2.45. The zero-order chi connectivity index (χ0) is 78.0. The van der Waals surface area contributed by atoms with Gasteiger partial charge in [0.25, 0.3) is 17.7 Å². The molecule has 9 aromatic heterocycles. The molecule has 3 aliphatic heterocycles. The monoisotopic (exact) mass is 1530 g/mol. The largest absolute Gasteiger partial charge is 0.480 e. The van der Waals surface area contributed by atoms with Crippen molar-refractivity contribution in [2.24, 2.45) is 26.9 Å². The van der Waals surface area contributed by atoms with Crippen molar-refractivity contribution in [3.63, 3.8) is 0 Å². The molecule has 12 heterocycles. The molecule has 0 unspecified atom stereocenters. The standard InChI is InChI=1S/C27H29N7O3S.C22H26N6O3S.C18H18N6O3S.C9H13NO/c1-16-5-4-6-18(11-16)20(15-35)30-24(36)14-34-10-8-21-19(26(34)37)12-22(38-21)25-17(2)13-28-27(32-25)31-23-7-9-29-33(23)3;1-13-11-23-21(25-17-6-8-24-27(17)5)26-19(13)16-10-14-15(32-16)7-9-28(20(14)30)12-18(29)31-22(2,3)4;1-10-8-19-18(21-14-3-5-20-23(14)2)22-16(10)13-7-11-12(28-13)4-6-24(17(11)27)9-15(25)26;1-7-3-2-4-8(5-7)9(10)6-11/h4-7,9,11-13,20,35H,8,10,14-15H2,1-3H3,(H,30,36)(H,28,31,32);6,8,10-11H,7,9,12H2,1-5H3,(H,23,25,26);3,5,7-8H,4,6,9H2,1-2H3,(H,25,26)(H,19,21,22);2-5,9,11H,6,10H2,1H3/t20-;;;9-/m1..1/s1. The van der Waals surface area contributed by atoms with Gasteiger partial charge in [-0.15, -0.1) is 34.0 Å². The van der Waals surface area contributed by atoms with Crippen molar-refractivity contribution in [1.82, 2.24) is 79.3 Å². The zero-order valence-electron chi connectivity index (χ0n) is 62.2. The number of carbonyl (C=O) groups excluding carboxylic acids is 5. The number of aliphatic carboxylic acids is 1. The average molecular weight is 1540 g/mol. The van der Waals surface area contributed by atoms with E-state index in [1.165, 1.54) is 21.8 Å². The average Bonchev–Trinajstić information content (AvgIpc) is 1.65. The number of nitrogens with zero attached hydrogens (tertiary/aromatic N) is 15. The summed E-state index contributed by atoms with van der Waals surface area (Å²) in [6.45, 7) is 15.9. The first-order valence-corrected chi connectivity index (χ1v) is 37.4. The molecule has 2 atom stereocenters. The molecule has 0 spiro atoms. The maximum Gasteiger partial charge on any atom is 0.326 e. The van der Waals surface area contributed by atoms with E-state index in [4.69, 9.17) is 25.7 Å². The quantitative estimate of drug-likeness (QED) is 0.0329. The molecule has 30 nitrogen and oxygen atoms in total. The summed E-state index contributed by atoms with van der Waals surface area (Å²) >= 11 is 4.62. The molecule has 568 valence electrons. The number of esters is 1. The number of hydrogen-bond acceptors (Lipinski definition) is 25. The third-order valence-electron chi connectivity index (χ3n) is 17.6. The number of amides is 4. The smallest absolute Gasteiger partial charge is 0.326 e. The topological polar surface area (TPSA) is 387 Å². The minimum Gasteiger partial charge on any atom is -0.480 e. The molecule has 14 rings (SSSR count). The fourth-order valence-electron chi connectivity index (χ4n) is 12.0. The number of aryl methyl sites for hydroxylation is 8. The molecule has 109 heavy (non-hydrogen) atoms. The Morgan fingerprint density at radius 2 is 0.908 bits per heavy atom. The molecule has 11 aromatic rings. The molecule has 0 fully saturated rings. The summed E-state index contributed by atoms with van der Waals surface area (Å²) in [6, 6.07) is 25.8. The second kappa shape index (κ2) is 34.6. The van der Waals surface area contributed by atoms with E-state index in [0.717, 1.165) is 97.2 Å². The van der Waals surface area contributed by atoms with Crippen molar-refractivity contribution < 1.29 is 48.8 Å². The van der Waals surface area contributed by atoms with Crippen molar-refractivity contribution >= 4 is 105 Å². The highest BCUT2D eigenvalue weighted by Crippen LogP contribution is 2.39. The summed E-state index contributed by atoms with van der Waals surface area (Å²) < 4.78 is 10.4. The van der Waals surface area contributed by atoms with Gasteiger partial charge in [-0.2, -0.15) is 15.3 Å². The van der Waals surface area contributed by atoms with Crippen LogP contribution < -0.4 is 27.0 Å². The molecule has 3 aliphatic rings. The number of nitrogens with one attached hydrogen (secondary N) is 4. The van der Waals surface area contributed by atoms with Crippen LogP contribution in [-0.2, 0) is 59.5 Å². The third-order valence-corrected chi connectivity index (χ3v) is 21.2. The lowest BCUT2D eigenvalue weighted by molar-refractivity contribution is -0.155. The molecule has 2 aromatic carbocycles. The van der Waals surface area contributed by atoms with Gasteiger partial charge in [-0.1, -0.05) is 59.7 Å². The number of nitrogens with two attached hydrogens (primary N) is 1. The van der Waals surface area contributed by atoms with Crippen molar-refractivity contribution in [3.8, 4) is 31.7 Å². The van der Waals surface area contributed by atoms with Crippen LogP contribution in [0.1, 0.15) is 118 Å². The second-order valence-corrected chi connectivity index (χ2v) is 30.7. The number of hydrogen-bond donors (Lipinski definition) is 8. The van der Waals surface area contributed by atoms with Crippen molar-refractivity contribution in [3.05, 3.63) is 192 Å². The van der Waals surface area contributed by atoms with Crippen LogP contribution in [0.4, 0.5) is 35.3 Å². The number of thiophene rings is 3. The minimum atomic E-state index is -1.01. The number of benzene rings is 2. The summed E-state index contributed by atoms with van der Waals surface area (Å²) in [4.78, 5) is 112. The highest BCUT2D eigenvalue weighted by molar-refractivity contribution is 7.16. The Hall–Kier alpha value is -11.5. The Morgan fingerprint density at radius 3 is 1.26 bits per heavy atom. The number of aliphatic hydroxyl groups is 2. The van der Waals surface area contributed by atoms with Crippen LogP contribution in [-0.4, -0.2) is 183 Å². The van der Waals surface area contributed by atoms with Crippen molar-refractivity contribution in [2.75, 3.05) is 68.4 Å². The van der Waals surface area contributed by atoms with Crippen LogP contribution >= 0.6 is 34.0 Å². The van der Waals surface area contributed by atoms with E-state index in [1.807, 2.05) is 155 Å². The number of carbonyl (C=O) groups is 6. The maximum absolute atomic E-state index is 13.3. The lowest BCUT2D eigenvalue weighted by Gasteiger charge is -2.27. The molecule has 9 N–H and O–H groups in total. The number of ether oxygens (including phenoxy) is 1. The van der Waals surface area contributed by atoms with E-state index in [2.05, 4.69) is 61.5 Å². The Bertz CT molecular complexity index is 5150. The molecule has 4 amide bonds. The number of rotatable bonds is 20. The van der Waals surface area contributed by atoms with Crippen LogP contribution in [0.3, 0.4) is 0 Å². The fraction of sp³-hybridized carbons (Fsp3) is 0.329. The number of aromatic nitrogens is 12. The van der Waals surface area contributed by atoms with Crippen LogP contribution in [0.5, 0.6) is 0 Å². The predicted molar refractivity (Wildman–Crippen MR) is 416 cm³/mol. The first-order valence-electron chi connectivity index (χ1n) is 35.0. The molecule has 33 heteroatoms. The van der Waals surface area contributed by atoms with E-state index < -0.39 is 23.6 Å². The molecular weight excluding hydrogens is 1450 g/mol. The summed E-state index contributed by atoms with van der Waals surface area (Å²) in [6.07, 6.45) is 12.3. The van der Waals surface area contributed by atoms with E-state index in [9.17, 15) is 33.9 Å². The molecule has 0 saturated carbocycles. The molecular formula is C76H86N20O10S3. The third kappa shape index (κ3) is 19.6. The SMILES string of the molecule is Cc1cccc([C@@H](CO)NC(=O)CN2CCc3sc(-c4nc(Nc5ccnn5C)ncc4C)cc3C2=O)c1.Cc1cccc([C@H](N)CO)c1.Cc1cnc(Nc2ccnn2C)nc1-c1cc2c(s1)CCN(CC(=O)O)C2=O.Cc1cnc(Nc2ccnn2C)nc1-c1cc2c(s1)CCN(CC(=O)OC(C)(C)C)C2=O. The summed E-state index contributed by atoms with van der Waals surface area (Å²) in [5, 5.41) is 52.3. The van der Waals surface area contributed by atoms with Gasteiger partial charge in [0.2, 0.25) is 23.8 Å². The van der Waals surface area contributed by atoms with Crippen molar-refractivity contribution in [2.45, 2.75) is 92.3 Å². The highest BCUT2D eigenvalue weighted by Gasteiger charge is 2.34. The number of fused-ring (bicyclic) bond motifs is 3. The fourth-order valence-corrected chi connectivity index (χ4v) is 15.6. The Morgan fingerprint density at radius 1 is 0.532 bits per heavy atom. The number of carboxylic acid groups (broad SMARTS) is 1. The summed E-state index contributed by atoms with van der Waals surface area (Å²) in [5.74, 6) is 1.34. The Kier molecular flexibility index (Phi) is 24.9. The van der Waals surface area contributed by atoms with Gasteiger partial charge in [-0.05, 0) is 101 Å². The van der Waals surface area contributed by atoms with E-state index in [1.54, 1.807) is 89.8 Å². The van der Waals surface area contributed by atoms with E-state index >= 15 is 0 Å². The van der Waals surface area contributed by atoms with Crippen LogP contribution in [0.2, 0.25) is 0 Å².